The van der Waals surface area contributed by atoms with Crippen LogP contribution in [0.1, 0.15) is 17.5 Å². The maximum absolute atomic E-state index is 11.7. The largest absolute Gasteiger partial charge is 0.409 e. The van der Waals surface area contributed by atoms with Gasteiger partial charge in [0.15, 0.2) is 5.84 Å². The fraction of sp³-hybridized carbons (Fsp3) is 0.417. The molecule has 0 aliphatic heterocycles. The Morgan fingerprint density at radius 3 is 2.90 bits per heavy atom. The number of ether oxygens (including phenoxy) is 1. The molecular weight excluding hydrogens is 282 g/mol. The first-order valence-electron chi connectivity index (χ1n) is 6.01. The van der Waals surface area contributed by atoms with Crippen LogP contribution in [0.4, 0.5) is 0 Å². The molecule has 0 saturated heterocycles. The van der Waals surface area contributed by atoms with Crippen molar-refractivity contribution in [2.75, 3.05) is 19.5 Å². The lowest BCUT2D eigenvalue weighted by atomic mass is 10.1. The molecule has 8 heteroatoms. The first-order chi connectivity index (χ1) is 9.48. The van der Waals surface area contributed by atoms with Crippen LogP contribution >= 0.6 is 0 Å². The molecule has 20 heavy (non-hydrogen) atoms. The molecule has 0 fully saturated rings. The minimum atomic E-state index is -3.33. The normalized spacial score (nSPS) is 12.6. The molecule has 0 atom stereocenters. The topological polar surface area (TPSA) is 114 Å². The van der Waals surface area contributed by atoms with Crippen molar-refractivity contribution >= 4 is 15.9 Å². The quantitative estimate of drug-likeness (QED) is 0.209. The van der Waals surface area contributed by atoms with E-state index >= 15 is 0 Å². The second-order valence-corrected chi connectivity index (χ2v) is 6.10. The fourth-order valence-electron chi connectivity index (χ4n) is 1.56. The van der Waals surface area contributed by atoms with Crippen LogP contribution in [-0.2, 0) is 21.3 Å². The van der Waals surface area contributed by atoms with E-state index in [0.717, 1.165) is 5.56 Å². The highest BCUT2D eigenvalue weighted by atomic mass is 32.2. The number of hydrogen-bond donors (Lipinski definition) is 3. The molecule has 0 amide bonds. The van der Waals surface area contributed by atoms with Crippen molar-refractivity contribution in [2.24, 2.45) is 10.9 Å². The molecule has 0 aliphatic rings. The third kappa shape index (κ3) is 5.55. The molecule has 7 nitrogen and oxygen atoms in total. The minimum Gasteiger partial charge on any atom is -0.409 e. The number of hydrogen-bond acceptors (Lipinski definition) is 5. The van der Waals surface area contributed by atoms with Gasteiger partial charge < -0.3 is 15.7 Å². The number of nitrogens with one attached hydrogen (secondary N) is 1. The van der Waals surface area contributed by atoms with Crippen LogP contribution in [-0.4, -0.2) is 38.9 Å². The van der Waals surface area contributed by atoms with E-state index in [0.29, 0.717) is 18.6 Å². The van der Waals surface area contributed by atoms with Gasteiger partial charge in [0, 0.05) is 25.8 Å². The van der Waals surface area contributed by atoms with E-state index in [1.165, 1.54) is 7.11 Å². The predicted octanol–water partition coefficient (Wildman–Crippen LogP) is 0.237. The van der Waals surface area contributed by atoms with Gasteiger partial charge in [-0.25, -0.2) is 13.1 Å². The van der Waals surface area contributed by atoms with Crippen molar-refractivity contribution in [1.29, 1.82) is 0 Å². The van der Waals surface area contributed by atoms with Crippen LogP contribution in [0.25, 0.3) is 0 Å². The van der Waals surface area contributed by atoms with Crippen LogP contribution < -0.4 is 10.5 Å². The third-order valence-corrected chi connectivity index (χ3v) is 4.00. The van der Waals surface area contributed by atoms with Gasteiger partial charge in [-0.2, -0.15) is 0 Å². The Morgan fingerprint density at radius 1 is 1.50 bits per heavy atom. The monoisotopic (exact) mass is 301 g/mol. The lowest BCUT2D eigenvalue weighted by molar-refractivity contribution is 0.199. The molecule has 4 N–H and O–H groups in total. The third-order valence-electron chi connectivity index (χ3n) is 2.59. The van der Waals surface area contributed by atoms with Gasteiger partial charge in [0.05, 0.1) is 5.75 Å². The number of nitrogens with two attached hydrogens (primary N) is 1. The van der Waals surface area contributed by atoms with Crippen molar-refractivity contribution in [1.82, 2.24) is 4.72 Å². The molecule has 1 aromatic carbocycles. The highest BCUT2D eigenvalue weighted by Gasteiger charge is 2.10. The highest BCUT2D eigenvalue weighted by Crippen LogP contribution is 2.05. The van der Waals surface area contributed by atoms with Crippen LogP contribution in [0.15, 0.2) is 29.4 Å². The summed E-state index contributed by atoms with van der Waals surface area (Å²) in [6, 6.07) is 6.80. The molecule has 0 heterocycles. The smallest absolute Gasteiger partial charge is 0.211 e. The van der Waals surface area contributed by atoms with Gasteiger partial charge in [-0.1, -0.05) is 23.4 Å². The maximum Gasteiger partial charge on any atom is 0.211 e. The number of sulfonamides is 1. The predicted molar refractivity (Wildman–Crippen MR) is 76.1 cm³/mol. The summed E-state index contributed by atoms with van der Waals surface area (Å²) in [5.74, 6) is -0.00405. The lowest BCUT2D eigenvalue weighted by Crippen LogP contribution is -2.26. The molecule has 0 radical (unpaired) electrons. The molecule has 1 rings (SSSR count). The molecule has 112 valence electrons. The Hall–Kier alpha value is -1.64. The zero-order chi connectivity index (χ0) is 15.0. The van der Waals surface area contributed by atoms with Crippen molar-refractivity contribution < 1.29 is 18.4 Å². The van der Waals surface area contributed by atoms with Gasteiger partial charge in [0.1, 0.15) is 0 Å². The average molecular weight is 301 g/mol. The Balaban J connectivity index is 2.61. The van der Waals surface area contributed by atoms with E-state index in [2.05, 4.69) is 9.88 Å². The lowest BCUT2D eigenvalue weighted by Gasteiger charge is -2.07. The van der Waals surface area contributed by atoms with Crippen molar-refractivity contribution in [3.05, 3.63) is 35.4 Å². The van der Waals surface area contributed by atoms with Gasteiger partial charge in [-0.15, -0.1) is 0 Å². The molecule has 1 aromatic rings. The number of methoxy groups -OCH3 is 1. The summed E-state index contributed by atoms with van der Waals surface area (Å²) in [4.78, 5) is 0. The molecule has 0 unspecified atom stereocenters. The van der Waals surface area contributed by atoms with E-state index in [1.807, 2.05) is 0 Å². The van der Waals surface area contributed by atoms with E-state index in [-0.39, 0.29) is 18.1 Å². The number of nitrogens with zero attached hydrogens (tertiary/aromatic N) is 1. The van der Waals surface area contributed by atoms with Crippen molar-refractivity contribution in [3.8, 4) is 0 Å². The fourth-order valence-corrected chi connectivity index (χ4v) is 2.59. The van der Waals surface area contributed by atoms with Gasteiger partial charge in [-0.05, 0) is 18.1 Å². The second-order valence-electron chi connectivity index (χ2n) is 4.17. The molecule has 0 spiro atoms. The second kappa shape index (κ2) is 7.83. The van der Waals surface area contributed by atoms with E-state index in [9.17, 15) is 8.42 Å². The number of rotatable bonds is 8. The molecule has 0 aliphatic carbocycles. The first-order valence-corrected chi connectivity index (χ1v) is 7.67. The summed E-state index contributed by atoms with van der Waals surface area (Å²) in [6.45, 7) is 0.557. The molecule has 0 saturated carbocycles. The summed E-state index contributed by atoms with van der Waals surface area (Å²) in [6.07, 6.45) is 0.440. The van der Waals surface area contributed by atoms with E-state index in [1.54, 1.807) is 24.3 Å². The van der Waals surface area contributed by atoms with E-state index < -0.39 is 10.0 Å². The summed E-state index contributed by atoms with van der Waals surface area (Å²) < 4.78 is 30.7. The van der Waals surface area contributed by atoms with Gasteiger partial charge in [0.2, 0.25) is 10.0 Å². The molecule has 0 bridgehead atoms. The summed E-state index contributed by atoms with van der Waals surface area (Å²) >= 11 is 0. The van der Waals surface area contributed by atoms with Crippen molar-refractivity contribution in [2.45, 2.75) is 13.0 Å². The summed E-state index contributed by atoms with van der Waals surface area (Å²) in [7, 11) is -1.81. The maximum atomic E-state index is 11.7. The molecular formula is C12H19N3O4S. The Morgan fingerprint density at radius 2 is 2.25 bits per heavy atom. The number of oxime groups is 1. The van der Waals surface area contributed by atoms with Gasteiger partial charge >= 0.3 is 0 Å². The standard InChI is InChI=1S/C12H19N3O4S/c1-19-6-3-7-20(17,18)14-9-10-4-2-5-11(8-10)12(13)15-16/h2,4-5,8,14,16H,3,6-7,9H2,1H3,(H2,13,15). The average Bonchev–Trinajstić information content (AvgIpc) is 2.45. The summed E-state index contributed by atoms with van der Waals surface area (Å²) in [5, 5.41) is 11.5. The number of amidine groups is 1. The highest BCUT2D eigenvalue weighted by molar-refractivity contribution is 7.89. The Labute approximate surface area is 118 Å². The zero-order valence-electron chi connectivity index (χ0n) is 11.2. The van der Waals surface area contributed by atoms with Crippen molar-refractivity contribution in [3.63, 3.8) is 0 Å². The summed E-state index contributed by atoms with van der Waals surface area (Å²) in [5.41, 5.74) is 6.73. The van der Waals surface area contributed by atoms with Crippen LogP contribution in [0.5, 0.6) is 0 Å². The molecule has 0 aromatic heterocycles. The van der Waals surface area contributed by atoms with Gasteiger partial charge in [-0.3, -0.25) is 0 Å². The SMILES string of the molecule is COCCCS(=O)(=O)NCc1cccc(C(N)=NO)c1. The Kier molecular flexibility index (Phi) is 6.43. The van der Waals surface area contributed by atoms with Crippen LogP contribution in [0.3, 0.4) is 0 Å². The first kappa shape index (κ1) is 16.4. The zero-order valence-corrected chi connectivity index (χ0v) is 12.1. The minimum absolute atomic E-state index is 0.0147. The van der Waals surface area contributed by atoms with Crippen LogP contribution in [0, 0.1) is 0 Å². The van der Waals surface area contributed by atoms with Crippen LogP contribution in [0.2, 0.25) is 0 Å². The van der Waals surface area contributed by atoms with Gasteiger partial charge in [0.25, 0.3) is 0 Å². The Bertz CT molecular complexity index is 558. The van der Waals surface area contributed by atoms with E-state index in [4.69, 9.17) is 15.7 Å². The number of benzene rings is 1.